The maximum absolute atomic E-state index is 12.0. The van der Waals surface area contributed by atoms with Crippen LogP contribution in [0.4, 0.5) is 18.0 Å². The van der Waals surface area contributed by atoms with Crippen LogP contribution in [-0.2, 0) is 4.74 Å². The van der Waals surface area contributed by atoms with Crippen LogP contribution in [0.5, 0.6) is 0 Å². The zero-order valence-electron chi connectivity index (χ0n) is 11.6. The fourth-order valence-electron chi connectivity index (χ4n) is 2.71. The maximum atomic E-state index is 12.0. The molecule has 1 aliphatic carbocycles. The molecule has 0 aliphatic heterocycles. The topological polar surface area (TPSA) is 38.3 Å². The molecule has 0 aromatic heterocycles. The van der Waals surface area contributed by atoms with Crippen LogP contribution < -0.4 is 5.32 Å². The van der Waals surface area contributed by atoms with E-state index in [4.69, 9.17) is 0 Å². The van der Waals surface area contributed by atoms with Gasteiger partial charge in [0.2, 0.25) is 0 Å². The van der Waals surface area contributed by atoms with Crippen molar-refractivity contribution in [1.82, 2.24) is 5.32 Å². The molecule has 112 valence electrons. The van der Waals surface area contributed by atoms with Gasteiger partial charge in [-0.15, -0.1) is 0 Å². The number of hydrogen-bond acceptors (Lipinski definition) is 2. The van der Waals surface area contributed by atoms with Crippen molar-refractivity contribution in [1.29, 1.82) is 0 Å². The summed E-state index contributed by atoms with van der Waals surface area (Å²) in [4.78, 5) is 11.4. The van der Waals surface area contributed by atoms with Gasteiger partial charge >= 0.3 is 12.3 Å². The molecular formula is C13H22F3NO2. The Morgan fingerprint density at radius 3 is 2.53 bits per heavy atom. The van der Waals surface area contributed by atoms with Crippen molar-refractivity contribution in [2.75, 3.05) is 6.61 Å². The summed E-state index contributed by atoms with van der Waals surface area (Å²) in [5.74, 6) is 1.16. The van der Waals surface area contributed by atoms with E-state index < -0.39 is 18.9 Å². The Bertz CT molecular complexity index is 305. The Morgan fingerprint density at radius 1 is 1.37 bits per heavy atom. The first-order chi connectivity index (χ1) is 8.69. The lowest BCUT2D eigenvalue weighted by atomic mass is 9.74. The molecule has 0 radical (unpaired) electrons. The van der Waals surface area contributed by atoms with Crippen LogP contribution in [0.15, 0.2) is 0 Å². The number of amides is 1. The van der Waals surface area contributed by atoms with Gasteiger partial charge in [0, 0.05) is 6.04 Å². The summed E-state index contributed by atoms with van der Waals surface area (Å²) in [5.41, 5.74) is 0. The maximum Gasteiger partial charge on any atom is 0.422 e. The molecule has 3 nitrogen and oxygen atoms in total. The van der Waals surface area contributed by atoms with E-state index in [1.54, 1.807) is 0 Å². The summed E-state index contributed by atoms with van der Waals surface area (Å²) in [7, 11) is 0. The monoisotopic (exact) mass is 281 g/mol. The van der Waals surface area contributed by atoms with Crippen LogP contribution in [0.1, 0.15) is 40.0 Å². The molecular weight excluding hydrogens is 259 g/mol. The first kappa shape index (κ1) is 16.1. The van der Waals surface area contributed by atoms with Gasteiger partial charge in [-0.2, -0.15) is 13.2 Å². The summed E-state index contributed by atoms with van der Waals surface area (Å²) >= 11 is 0. The second-order valence-electron chi connectivity index (χ2n) is 5.77. The van der Waals surface area contributed by atoms with Crippen molar-refractivity contribution < 1.29 is 22.7 Å². The molecule has 0 aromatic carbocycles. The normalized spacial score (nSPS) is 28.3. The lowest BCUT2D eigenvalue weighted by Crippen LogP contribution is -2.46. The summed E-state index contributed by atoms with van der Waals surface area (Å²) in [6, 6.07) is -0.0931. The Kier molecular flexibility index (Phi) is 5.50. The van der Waals surface area contributed by atoms with E-state index in [1.807, 2.05) is 0 Å². The van der Waals surface area contributed by atoms with Crippen molar-refractivity contribution in [2.24, 2.45) is 17.8 Å². The molecule has 3 atom stereocenters. The Morgan fingerprint density at radius 2 is 2.00 bits per heavy atom. The van der Waals surface area contributed by atoms with Gasteiger partial charge in [0.05, 0.1) is 0 Å². The zero-order chi connectivity index (χ0) is 14.6. The second kappa shape index (κ2) is 6.48. The molecule has 0 heterocycles. The first-order valence-corrected chi connectivity index (χ1v) is 6.69. The van der Waals surface area contributed by atoms with E-state index in [0.717, 1.165) is 19.3 Å². The fourth-order valence-corrected chi connectivity index (χ4v) is 2.71. The number of hydrogen-bond donors (Lipinski definition) is 1. The van der Waals surface area contributed by atoms with Crippen molar-refractivity contribution >= 4 is 6.09 Å². The SMILES string of the molecule is CC1CCC(C(C)C)C(NC(=O)OCC(F)(F)F)C1. The van der Waals surface area contributed by atoms with E-state index in [-0.39, 0.29) is 6.04 Å². The van der Waals surface area contributed by atoms with Gasteiger partial charge < -0.3 is 10.1 Å². The highest BCUT2D eigenvalue weighted by molar-refractivity contribution is 5.67. The Labute approximate surface area is 111 Å². The first-order valence-electron chi connectivity index (χ1n) is 6.69. The van der Waals surface area contributed by atoms with E-state index in [0.29, 0.717) is 17.8 Å². The molecule has 0 saturated heterocycles. The molecule has 1 saturated carbocycles. The summed E-state index contributed by atoms with van der Waals surface area (Å²) in [6.07, 6.45) is -2.57. The number of halogens is 3. The number of rotatable bonds is 3. The molecule has 0 aromatic rings. The minimum absolute atomic E-state index is 0.0931. The van der Waals surface area contributed by atoms with Crippen LogP contribution in [0.3, 0.4) is 0 Å². The van der Waals surface area contributed by atoms with Crippen LogP contribution in [0.2, 0.25) is 0 Å². The van der Waals surface area contributed by atoms with E-state index in [1.165, 1.54) is 0 Å². The van der Waals surface area contributed by atoms with Crippen molar-refractivity contribution in [3.8, 4) is 0 Å². The minimum atomic E-state index is -4.48. The van der Waals surface area contributed by atoms with Crippen LogP contribution in [0, 0.1) is 17.8 Å². The van der Waals surface area contributed by atoms with Crippen molar-refractivity contribution in [3.63, 3.8) is 0 Å². The molecule has 1 N–H and O–H groups in total. The van der Waals surface area contributed by atoms with Gasteiger partial charge in [0.15, 0.2) is 6.61 Å². The van der Waals surface area contributed by atoms with Crippen LogP contribution >= 0.6 is 0 Å². The molecule has 0 spiro atoms. The highest BCUT2D eigenvalue weighted by Gasteiger charge is 2.34. The van der Waals surface area contributed by atoms with Gasteiger partial charge in [-0.25, -0.2) is 4.79 Å². The molecule has 1 amide bonds. The molecule has 1 rings (SSSR count). The highest BCUT2D eigenvalue weighted by Crippen LogP contribution is 2.33. The van der Waals surface area contributed by atoms with Crippen molar-refractivity contribution in [3.05, 3.63) is 0 Å². The smallest absolute Gasteiger partial charge is 0.422 e. The van der Waals surface area contributed by atoms with E-state index in [2.05, 4.69) is 30.8 Å². The van der Waals surface area contributed by atoms with Gasteiger partial charge in [-0.1, -0.05) is 27.2 Å². The largest absolute Gasteiger partial charge is 0.440 e. The summed E-state index contributed by atoms with van der Waals surface area (Å²) in [5, 5.41) is 2.59. The molecule has 6 heteroatoms. The second-order valence-corrected chi connectivity index (χ2v) is 5.77. The lowest BCUT2D eigenvalue weighted by molar-refractivity contribution is -0.160. The molecule has 1 fully saturated rings. The Hall–Kier alpha value is -0.940. The number of alkyl carbamates (subject to hydrolysis) is 1. The third kappa shape index (κ3) is 5.70. The van der Waals surface area contributed by atoms with Gasteiger partial charge in [0.25, 0.3) is 0 Å². The average Bonchev–Trinajstić information content (AvgIpc) is 2.25. The van der Waals surface area contributed by atoms with Gasteiger partial charge in [-0.3, -0.25) is 0 Å². The summed E-state index contributed by atoms with van der Waals surface area (Å²) < 4.78 is 40.1. The quantitative estimate of drug-likeness (QED) is 0.856. The third-order valence-electron chi connectivity index (χ3n) is 3.69. The number of carbonyl (C=O) groups excluding carboxylic acids is 1. The number of alkyl halides is 3. The average molecular weight is 281 g/mol. The predicted molar refractivity (Wildman–Crippen MR) is 65.7 cm³/mol. The van der Waals surface area contributed by atoms with Crippen molar-refractivity contribution in [2.45, 2.75) is 52.3 Å². The van der Waals surface area contributed by atoms with E-state index in [9.17, 15) is 18.0 Å². The molecule has 1 aliphatic rings. The van der Waals surface area contributed by atoms with Crippen LogP contribution in [-0.4, -0.2) is 24.9 Å². The highest BCUT2D eigenvalue weighted by atomic mass is 19.4. The zero-order valence-corrected chi connectivity index (χ0v) is 11.6. The third-order valence-corrected chi connectivity index (χ3v) is 3.69. The van der Waals surface area contributed by atoms with Gasteiger partial charge in [-0.05, 0) is 30.6 Å². The molecule has 19 heavy (non-hydrogen) atoms. The number of ether oxygens (including phenoxy) is 1. The lowest BCUT2D eigenvalue weighted by Gasteiger charge is -2.37. The molecule has 3 unspecified atom stereocenters. The number of carbonyl (C=O) groups is 1. The Balaban J connectivity index is 2.49. The number of nitrogens with one attached hydrogen (secondary N) is 1. The predicted octanol–water partition coefficient (Wildman–Crippen LogP) is 3.74. The molecule has 0 bridgehead atoms. The fraction of sp³-hybridized carbons (Fsp3) is 0.923. The standard InChI is InChI=1S/C13H22F3NO2/c1-8(2)10-5-4-9(3)6-11(10)17-12(18)19-7-13(14,15)16/h8-11H,4-7H2,1-3H3,(H,17,18). The van der Waals surface area contributed by atoms with Crippen LogP contribution in [0.25, 0.3) is 0 Å². The summed E-state index contributed by atoms with van der Waals surface area (Å²) in [6.45, 7) is 4.69. The van der Waals surface area contributed by atoms with Gasteiger partial charge in [0.1, 0.15) is 0 Å². The van der Waals surface area contributed by atoms with E-state index >= 15 is 0 Å². The minimum Gasteiger partial charge on any atom is -0.440 e.